The Morgan fingerprint density at radius 3 is 2.78 bits per heavy atom. The van der Waals surface area contributed by atoms with Gasteiger partial charge in [-0.25, -0.2) is 0 Å². The second-order valence-electron chi connectivity index (χ2n) is 2.33. The van der Waals surface area contributed by atoms with E-state index in [0.29, 0.717) is 12.1 Å². The van der Waals surface area contributed by atoms with Gasteiger partial charge in [0.25, 0.3) is 0 Å². The molecular weight excluding hydrogens is 116 g/mol. The van der Waals surface area contributed by atoms with Crippen molar-refractivity contribution in [2.45, 2.75) is 12.1 Å². The van der Waals surface area contributed by atoms with Gasteiger partial charge in [0, 0.05) is 26.2 Å². The largest absolute Gasteiger partial charge is 0.378 e. The minimum atomic E-state index is 0.356. The van der Waals surface area contributed by atoms with Crippen molar-refractivity contribution in [3.63, 3.8) is 0 Å². The number of nitrogens with one attached hydrogen (secondary N) is 2. The van der Waals surface area contributed by atoms with Gasteiger partial charge in [0.05, 0.1) is 6.10 Å². The maximum Gasteiger partial charge on any atom is 0.0860 e. The Hall–Kier alpha value is -0.120. The van der Waals surface area contributed by atoms with Crippen molar-refractivity contribution in [2.24, 2.45) is 0 Å². The zero-order chi connectivity index (χ0) is 6.69. The summed E-state index contributed by atoms with van der Waals surface area (Å²) in [6.07, 6.45) is 0.356. The fraction of sp³-hybridized carbons (Fsp3) is 1.00. The molecule has 1 fully saturated rings. The summed E-state index contributed by atoms with van der Waals surface area (Å²) >= 11 is 0. The fourth-order valence-corrected chi connectivity index (χ4v) is 1.19. The smallest absolute Gasteiger partial charge is 0.0860 e. The first-order valence-corrected chi connectivity index (χ1v) is 3.29. The molecule has 3 nitrogen and oxygen atoms in total. The molecule has 1 saturated heterocycles. The molecule has 0 unspecified atom stereocenters. The molecular formula is C6H14N2O. The minimum absolute atomic E-state index is 0.356. The van der Waals surface area contributed by atoms with Crippen molar-refractivity contribution in [3.05, 3.63) is 0 Å². The standard InChI is InChI=1S/C6H14N2O/c1-7-5-3-8-4-6(5)9-2/h5-8H,3-4H2,1-2H3/t5-,6+/m1/s1. The zero-order valence-electron chi connectivity index (χ0n) is 5.98. The third kappa shape index (κ3) is 1.41. The van der Waals surface area contributed by atoms with Crippen LogP contribution in [0.25, 0.3) is 0 Å². The molecule has 1 aliphatic heterocycles. The van der Waals surface area contributed by atoms with Crippen molar-refractivity contribution in [1.82, 2.24) is 10.6 Å². The summed E-state index contributed by atoms with van der Waals surface area (Å²) in [6, 6.07) is 0.495. The highest BCUT2D eigenvalue weighted by atomic mass is 16.5. The van der Waals surface area contributed by atoms with E-state index in [9.17, 15) is 0 Å². The van der Waals surface area contributed by atoms with Crippen LogP contribution in [0.1, 0.15) is 0 Å². The Bertz CT molecular complexity index is 77.1. The number of rotatable bonds is 2. The van der Waals surface area contributed by atoms with Crippen LogP contribution in [0.5, 0.6) is 0 Å². The summed E-state index contributed by atoms with van der Waals surface area (Å²) in [5.41, 5.74) is 0. The average molecular weight is 130 g/mol. The van der Waals surface area contributed by atoms with Gasteiger partial charge in [0.2, 0.25) is 0 Å². The molecule has 0 aromatic rings. The van der Waals surface area contributed by atoms with Crippen molar-refractivity contribution in [2.75, 3.05) is 27.2 Å². The van der Waals surface area contributed by atoms with E-state index < -0.39 is 0 Å². The van der Waals surface area contributed by atoms with Crippen LogP contribution in [0.4, 0.5) is 0 Å². The van der Waals surface area contributed by atoms with E-state index in [1.165, 1.54) is 0 Å². The van der Waals surface area contributed by atoms with E-state index in [4.69, 9.17) is 4.74 Å². The molecule has 0 amide bonds. The normalized spacial score (nSPS) is 35.3. The summed E-state index contributed by atoms with van der Waals surface area (Å²) in [4.78, 5) is 0. The molecule has 2 N–H and O–H groups in total. The van der Waals surface area contributed by atoms with Crippen LogP contribution in [0.3, 0.4) is 0 Å². The highest BCUT2D eigenvalue weighted by Gasteiger charge is 2.24. The third-order valence-corrected chi connectivity index (χ3v) is 1.83. The fourth-order valence-electron chi connectivity index (χ4n) is 1.19. The molecule has 0 saturated carbocycles. The van der Waals surface area contributed by atoms with Crippen molar-refractivity contribution >= 4 is 0 Å². The lowest BCUT2D eigenvalue weighted by molar-refractivity contribution is 0.0987. The Morgan fingerprint density at radius 2 is 2.33 bits per heavy atom. The monoisotopic (exact) mass is 130 g/mol. The number of ether oxygens (including phenoxy) is 1. The summed E-state index contributed by atoms with van der Waals surface area (Å²) in [5, 5.41) is 6.41. The minimum Gasteiger partial charge on any atom is -0.378 e. The van der Waals surface area contributed by atoms with Crippen LogP contribution in [0.2, 0.25) is 0 Å². The lowest BCUT2D eigenvalue weighted by Crippen LogP contribution is -2.37. The first-order chi connectivity index (χ1) is 4.38. The second kappa shape index (κ2) is 3.15. The lowest BCUT2D eigenvalue weighted by Gasteiger charge is -2.14. The Balaban J connectivity index is 2.32. The summed E-state index contributed by atoms with van der Waals surface area (Å²) in [6.45, 7) is 2.00. The molecule has 1 rings (SSSR count). The summed E-state index contributed by atoms with van der Waals surface area (Å²) in [7, 11) is 3.71. The van der Waals surface area contributed by atoms with Gasteiger partial charge in [-0.3, -0.25) is 0 Å². The highest BCUT2D eigenvalue weighted by Crippen LogP contribution is 2.01. The number of hydrogen-bond donors (Lipinski definition) is 2. The molecule has 1 heterocycles. The highest BCUT2D eigenvalue weighted by molar-refractivity contribution is 4.86. The molecule has 0 aliphatic carbocycles. The van der Waals surface area contributed by atoms with Crippen LogP contribution in [-0.4, -0.2) is 39.4 Å². The Morgan fingerprint density at radius 1 is 1.56 bits per heavy atom. The van der Waals surface area contributed by atoms with Gasteiger partial charge in [0.15, 0.2) is 0 Å². The maximum atomic E-state index is 5.19. The summed E-state index contributed by atoms with van der Waals surface area (Å²) in [5.74, 6) is 0. The summed E-state index contributed by atoms with van der Waals surface area (Å²) < 4.78 is 5.19. The van der Waals surface area contributed by atoms with E-state index in [1.54, 1.807) is 7.11 Å². The second-order valence-corrected chi connectivity index (χ2v) is 2.33. The lowest BCUT2D eigenvalue weighted by atomic mass is 10.2. The van der Waals surface area contributed by atoms with E-state index in [-0.39, 0.29) is 0 Å². The van der Waals surface area contributed by atoms with Crippen molar-refractivity contribution < 1.29 is 4.74 Å². The Kier molecular flexibility index (Phi) is 2.45. The molecule has 0 radical (unpaired) electrons. The maximum absolute atomic E-state index is 5.19. The van der Waals surface area contributed by atoms with Crippen LogP contribution < -0.4 is 10.6 Å². The topological polar surface area (TPSA) is 33.3 Å². The van der Waals surface area contributed by atoms with Crippen molar-refractivity contribution in [1.29, 1.82) is 0 Å². The molecule has 0 aromatic heterocycles. The van der Waals surface area contributed by atoms with Crippen LogP contribution in [-0.2, 0) is 4.74 Å². The number of likely N-dealkylation sites (N-methyl/N-ethyl adjacent to an activating group) is 1. The van der Waals surface area contributed by atoms with Crippen molar-refractivity contribution in [3.8, 4) is 0 Å². The SMILES string of the molecule is CN[C@@H]1CNC[C@@H]1OC. The first kappa shape index (κ1) is 6.99. The van der Waals surface area contributed by atoms with Gasteiger partial charge < -0.3 is 15.4 Å². The van der Waals surface area contributed by atoms with Gasteiger partial charge in [-0.05, 0) is 7.05 Å². The molecule has 0 spiro atoms. The van der Waals surface area contributed by atoms with Gasteiger partial charge >= 0.3 is 0 Å². The predicted molar refractivity (Wildman–Crippen MR) is 36.5 cm³/mol. The van der Waals surface area contributed by atoms with E-state index in [0.717, 1.165) is 13.1 Å². The molecule has 1 aliphatic rings. The van der Waals surface area contributed by atoms with Crippen LogP contribution >= 0.6 is 0 Å². The van der Waals surface area contributed by atoms with Crippen LogP contribution in [0.15, 0.2) is 0 Å². The molecule has 0 bridgehead atoms. The Labute approximate surface area is 55.8 Å². The van der Waals surface area contributed by atoms with Gasteiger partial charge in [0.1, 0.15) is 0 Å². The molecule has 54 valence electrons. The molecule has 0 aromatic carbocycles. The quantitative estimate of drug-likeness (QED) is 0.513. The average Bonchev–Trinajstić information content (AvgIpc) is 2.33. The third-order valence-electron chi connectivity index (χ3n) is 1.83. The van der Waals surface area contributed by atoms with E-state index >= 15 is 0 Å². The number of methoxy groups -OCH3 is 1. The zero-order valence-corrected chi connectivity index (χ0v) is 5.98. The van der Waals surface area contributed by atoms with Gasteiger partial charge in [-0.1, -0.05) is 0 Å². The van der Waals surface area contributed by atoms with Gasteiger partial charge in [-0.15, -0.1) is 0 Å². The first-order valence-electron chi connectivity index (χ1n) is 3.29. The van der Waals surface area contributed by atoms with E-state index in [2.05, 4.69) is 10.6 Å². The molecule has 9 heavy (non-hydrogen) atoms. The van der Waals surface area contributed by atoms with Gasteiger partial charge in [-0.2, -0.15) is 0 Å². The predicted octanol–water partition coefficient (Wildman–Crippen LogP) is -0.807. The molecule has 3 heteroatoms. The van der Waals surface area contributed by atoms with Crippen LogP contribution in [0, 0.1) is 0 Å². The number of hydrogen-bond acceptors (Lipinski definition) is 3. The molecule has 2 atom stereocenters. The van der Waals surface area contributed by atoms with E-state index in [1.807, 2.05) is 7.05 Å².